The zero-order valence-electron chi connectivity index (χ0n) is 12.8. The second-order valence-corrected chi connectivity index (χ2v) is 6.82. The fourth-order valence-electron chi connectivity index (χ4n) is 3.56. The van der Waals surface area contributed by atoms with E-state index in [0.717, 1.165) is 31.2 Å². The van der Waals surface area contributed by atoms with E-state index < -0.39 is 0 Å². The summed E-state index contributed by atoms with van der Waals surface area (Å²) in [5.41, 5.74) is 1.11. The van der Waals surface area contributed by atoms with Crippen molar-refractivity contribution in [3.05, 3.63) is 34.9 Å². The summed E-state index contributed by atoms with van der Waals surface area (Å²) >= 11 is 5.88. The molecule has 1 aliphatic heterocycles. The minimum Gasteiger partial charge on any atom is -0.284 e. The molecule has 1 saturated heterocycles. The SMILES string of the molecule is CN(Cc1ccc(Cl)cc1)CN1C(=O)[C@H]2CCCC[C@H]2C1=O. The number of carbonyl (C=O) groups is 2. The molecular formula is C17H21ClN2O2. The summed E-state index contributed by atoms with van der Waals surface area (Å²) in [5.74, 6) is -0.0781. The summed E-state index contributed by atoms with van der Waals surface area (Å²) in [5, 5.41) is 0.709. The monoisotopic (exact) mass is 320 g/mol. The predicted octanol–water partition coefficient (Wildman–Crippen LogP) is 2.90. The second kappa shape index (κ2) is 6.39. The van der Waals surface area contributed by atoms with Crippen LogP contribution in [0.1, 0.15) is 31.2 Å². The minimum atomic E-state index is -0.0646. The van der Waals surface area contributed by atoms with E-state index in [1.165, 1.54) is 4.90 Å². The third-order valence-electron chi connectivity index (χ3n) is 4.68. The van der Waals surface area contributed by atoms with Crippen LogP contribution in [0.4, 0.5) is 0 Å². The standard InChI is InChI=1S/C17H21ClN2O2/c1-19(10-12-6-8-13(18)9-7-12)11-20-16(21)14-4-2-3-5-15(14)17(20)22/h6-9,14-15H,2-5,10-11H2,1H3/t14-,15+. The molecule has 3 rings (SSSR count). The molecule has 0 N–H and O–H groups in total. The molecule has 0 aromatic heterocycles. The maximum Gasteiger partial charge on any atom is 0.234 e. The molecule has 2 aliphatic rings. The van der Waals surface area contributed by atoms with Gasteiger partial charge in [-0.1, -0.05) is 36.6 Å². The Balaban J connectivity index is 1.63. The Labute approximate surface area is 136 Å². The van der Waals surface area contributed by atoms with Crippen molar-refractivity contribution >= 4 is 23.4 Å². The maximum absolute atomic E-state index is 12.4. The van der Waals surface area contributed by atoms with Crippen molar-refractivity contribution in [3.8, 4) is 0 Å². The lowest BCUT2D eigenvalue weighted by Crippen LogP contribution is -2.40. The van der Waals surface area contributed by atoms with Crippen LogP contribution in [0.5, 0.6) is 0 Å². The van der Waals surface area contributed by atoms with E-state index in [1.807, 2.05) is 36.2 Å². The lowest BCUT2D eigenvalue weighted by atomic mass is 9.81. The zero-order valence-corrected chi connectivity index (χ0v) is 13.6. The topological polar surface area (TPSA) is 40.6 Å². The highest BCUT2D eigenvalue weighted by atomic mass is 35.5. The molecule has 2 atom stereocenters. The largest absolute Gasteiger partial charge is 0.284 e. The summed E-state index contributed by atoms with van der Waals surface area (Å²) in [4.78, 5) is 28.3. The van der Waals surface area contributed by atoms with Gasteiger partial charge in [0.15, 0.2) is 0 Å². The van der Waals surface area contributed by atoms with E-state index in [4.69, 9.17) is 11.6 Å². The van der Waals surface area contributed by atoms with Gasteiger partial charge in [0.1, 0.15) is 0 Å². The quantitative estimate of drug-likeness (QED) is 0.801. The van der Waals surface area contributed by atoms with Crippen LogP contribution < -0.4 is 0 Å². The van der Waals surface area contributed by atoms with Crippen LogP contribution in [0, 0.1) is 11.8 Å². The fraction of sp³-hybridized carbons (Fsp3) is 0.529. The Bertz CT molecular complexity index is 549. The van der Waals surface area contributed by atoms with Crippen molar-refractivity contribution in [1.29, 1.82) is 0 Å². The molecular weight excluding hydrogens is 300 g/mol. The van der Waals surface area contributed by atoms with E-state index in [2.05, 4.69) is 0 Å². The Morgan fingerprint density at radius 2 is 1.64 bits per heavy atom. The van der Waals surface area contributed by atoms with E-state index in [0.29, 0.717) is 18.2 Å². The first-order valence-electron chi connectivity index (χ1n) is 7.84. The van der Waals surface area contributed by atoms with Gasteiger partial charge >= 0.3 is 0 Å². The van der Waals surface area contributed by atoms with Crippen molar-refractivity contribution in [1.82, 2.24) is 9.80 Å². The van der Waals surface area contributed by atoms with Crippen molar-refractivity contribution < 1.29 is 9.59 Å². The third kappa shape index (κ3) is 3.03. The molecule has 0 spiro atoms. The molecule has 1 aliphatic carbocycles. The molecule has 1 heterocycles. The number of rotatable bonds is 4. The number of imide groups is 1. The normalized spacial score (nSPS) is 25.0. The van der Waals surface area contributed by atoms with Crippen molar-refractivity contribution in [2.75, 3.05) is 13.7 Å². The number of hydrogen-bond acceptors (Lipinski definition) is 3. The Morgan fingerprint density at radius 3 is 2.18 bits per heavy atom. The molecule has 4 nitrogen and oxygen atoms in total. The van der Waals surface area contributed by atoms with Gasteiger partial charge in [0.2, 0.25) is 11.8 Å². The number of carbonyl (C=O) groups excluding carboxylic acids is 2. The predicted molar refractivity (Wildman–Crippen MR) is 85.1 cm³/mol. The van der Waals surface area contributed by atoms with Gasteiger partial charge in [0.05, 0.1) is 18.5 Å². The van der Waals surface area contributed by atoms with E-state index in [9.17, 15) is 9.59 Å². The van der Waals surface area contributed by atoms with E-state index in [-0.39, 0.29) is 23.7 Å². The molecule has 0 radical (unpaired) electrons. The molecule has 22 heavy (non-hydrogen) atoms. The van der Waals surface area contributed by atoms with Gasteiger partial charge in [-0.3, -0.25) is 19.4 Å². The molecule has 2 amide bonds. The number of likely N-dealkylation sites (tertiary alicyclic amines) is 1. The molecule has 1 aromatic carbocycles. The lowest BCUT2D eigenvalue weighted by molar-refractivity contribution is -0.142. The molecule has 2 fully saturated rings. The van der Waals surface area contributed by atoms with Crippen LogP contribution in [0.25, 0.3) is 0 Å². The summed E-state index contributed by atoms with van der Waals surface area (Å²) in [6.07, 6.45) is 3.86. The van der Waals surface area contributed by atoms with Gasteiger partial charge in [-0.25, -0.2) is 0 Å². The van der Waals surface area contributed by atoms with Gasteiger partial charge in [-0.15, -0.1) is 0 Å². The third-order valence-corrected chi connectivity index (χ3v) is 4.93. The number of benzene rings is 1. The highest BCUT2D eigenvalue weighted by molar-refractivity contribution is 6.30. The minimum absolute atomic E-state index is 0.0256. The van der Waals surface area contributed by atoms with Crippen molar-refractivity contribution in [3.63, 3.8) is 0 Å². The highest BCUT2D eigenvalue weighted by Crippen LogP contribution is 2.37. The number of hydrogen-bond donors (Lipinski definition) is 0. The van der Waals surface area contributed by atoms with E-state index >= 15 is 0 Å². The van der Waals surface area contributed by atoms with Crippen molar-refractivity contribution in [2.45, 2.75) is 32.2 Å². The number of amides is 2. The first-order chi connectivity index (χ1) is 10.6. The summed E-state index contributed by atoms with van der Waals surface area (Å²) in [7, 11) is 1.93. The average Bonchev–Trinajstić information content (AvgIpc) is 2.75. The van der Waals surface area contributed by atoms with Crippen LogP contribution >= 0.6 is 11.6 Å². The molecule has 1 aromatic rings. The molecule has 5 heteroatoms. The van der Waals surface area contributed by atoms with Gasteiger partial charge in [0.25, 0.3) is 0 Å². The Morgan fingerprint density at radius 1 is 1.09 bits per heavy atom. The second-order valence-electron chi connectivity index (χ2n) is 6.38. The zero-order chi connectivity index (χ0) is 15.7. The van der Waals surface area contributed by atoms with Crippen LogP contribution in [-0.2, 0) is 16.1 Å². The van der Waals surface area contributed by atoms with E-state index in [1.54, 1.807) is 0 Å². The average molecular weight is 321 g/mol. The van der Waals surface area contributed by atoms with Crippen LogP contribution in [0.15, 0.2) is 24.3 Å². The van der Waals surface area contributed by atoms with Gasteiger partial charge in [-0.2, -0.15) is 0 Å². The first kappa shape index (κ1) is 15.5. The smallest absolute Gasteiger partial charge is 0.234 e. The molecule has 0 bridgehead atoms. The summed E-state index contributed by atoms with van der Waals surface area (Å²) < 4.78 is 0. The number of fused-ring (bicyclic) bond motifs is 1. The molecule has 1 saturated carbocycles. The number of halogens is 1. The summed E-state index contributed by atoms with van der Waals surface area (Å²) in [6, 6.07) is 7.63. The first-order valence-corrected chi connectivity index (χ1v) is 8.22. The van der Waals surface area contributed by atoms with Gasteiger partial charge in [-0.05, 0) is 37.6 Å². The Hall–Kier alpha value is -1.39. The maximum atomic E-state index is 12.4. The molecule has 118 valence electrons. The van der Waals surface area contributed by atoms with Crippen LogP contribution in [0.2, 0.25) is 5.02 Å². The van der Waals surface area contributed by atoms with Gasteiger partial charge in [0, 0.05) is 11.6 Å². The number of nitrogens with zero attached hydrogens (tertiary/aromatic N) is 2. The highest BCUT2D eigenvalue weighted by Gasteiger charge is 2.48. The van der Waals surface area contributed by atoms with Gasteiger partial charge < -0.3 is 0 Å². The van der Waals surface area contributed by atoms with Crippen LogP contribution in [0.3, 0.4) is 0 Å². The molecule has 0 unspecified atom stereocenters. The fourth-order valence-corrected chi connectivity index (χ4v) is 3.69. The van der Waals surface area contributed by atoms with Crippen molar-refractivity contribution in [2.24, 2.45) is 11.8 Å². The Kier molecular flexibility index (Phi) is 4.50. The summed E-state index contributed by atoms with van der Waals surface area (Å²) in [6.45, 7) is 1.05. The lowest BCUT2D eigenvalue weighted by Gasteiger charge is -2.23. The van der Waals surface area contributed by atoms with Crippen LogP contribution in [-0.4, -0.2) is 35.3 Å².